The van der Waals surface area contributed by atoms with E-state index in [0.29, 0.717) is 31.7 Å². The Hall–Kier alpha value is -1.04. The number of rotatable bonds is 9. The Morgan fingerprint density at radius 3 is 2.19 bits per heavy atom. The number of nitrogens with zero attached hydrogens (tertiary/aromatic N) is 1. The first-order chi connectivity index (χ1) is 11.8. The lowest BCUT2D eigenvalue weighted by molar-refractivity contribution is -0.138. The van der Waals surface area contributed by atoms with Gasteiger partial charge in [0.1, 0.15) is 0 Å². The molecule has 5 nitrogen and oxygen atoms in total. The molecule has 1 heterocycles. The highest BCUT2D eigenvalue weighted by Gasteiger charge is 2.41. The molecule has 0 bridgehead atoms. The van der Waals surface area contributed by atoms with Gasteiger partial charge in [-0.3, -0.25) is 19.3 Å². The van der Waals surface area contributed by atoms with E-state index in [1.54, 1.807) is 11.8 Å². The minimum Gasteiger partial charge on any atom is -0.370 e. The van der Waals surface area contributed by atoms with Crippen molar-refractivity contribution in [2.24, 2.45) is 22.5 Å². The summed E-state index contributed by atoms with van der Waals surface area (Å²) in [7, 11) is 0. The second kappa shape index (κ2) is 9.25. The van der Waals surface area contributed by atoms with Gasteiger partial charge in [0.05, 0.1) is 5.25 Å². The zero-order chi connectivity index (χ0) is 20.1. The Kier molecular flexibility index (Phi) is 8.18. The summed E-state index contributed by atoms with van der Waals surface area (Å²) in [6.07, 6.45) is 2.92. The molecular formula is C20H36N2O3S. The fourth-order valence-electron chi connectivity index (χ4n) is 3.78. The van der Waals surface area contributed by atoms with E-state index in [2.05, 4.69) is 41.5 Å². The summed E-state index contributed by atoms with van der Waals surface area (Å²) >= 11 is 1.64. The molecule has 26 heavy (non-hydrogen) atoms. The van der Waals surface area contributed by atoms with Crippen molar-refractivity contribution in [3.8, 4) is 0 Å². The smallest absolute Gasteiger partial charge is 0.242 e. The van der Waals surface area contributed by atoms with E-state index in [1.807, 2.05) is 0 Å². The number of nitrogens with two attached hydrogens (primary N) is 1. The highest BCUT2D eigenvalue weighted by Crippen LogP contribution is 2.43. The molecule has 0 aliphatic carbocycles. The summed E-state index contributed by atoms with van der Waals surface area (Å²) in [5.74, 6) is 0.915. The van der Waals surface area contributed by atoms with Crippen LogP contribution in [0, 0.1) is 16.7 Å². The molecule has 3 amide bonds. The predicted molar refractivity (Wildman–Crippen MR) is 108 cm³/mol. The Morgan fingerprint density at radius 1 is 1.12 bits per heavy atom. The minimum atomic E-state index is -0.304. The van der Waals surface area contributed by atoms with E-state index in [0.717, 1.165) is 18.6 Å². The van der Waals surface area contributed by atoms with Gasteiger partial charge in [-0.2, -0.15) is 0 Å². The molecule has 0 saturated carbocycles. The lowest BCUT2D eigenvalue weighted by Gasteiger charge is -2.41. The van der Waals surface area contributed by atoms with Crippen LogP contribution in [0.3, 0.4) is 0 Å². The normalized spacial score (nSPS) is 18.9. The van der Waals surface area contributed by atoms with Gasteiger partial charge in [-0.25, -0.2) is 0 Å². The Morgan fingerprint density at radius 2 is 1.69 bits per heavy atom. The van der Waals surface area contributed by atoms with Gasteiger partial charge >= 0.3 is 0 Å². The average Bonchev–Trinajstić information content (AvgIpc) is 2.71. The number of hydrogen-bond donors (Lipinski definition) is 1. The first-order valence-electron chi connectivity index (χ1n) is 9.58. The first kappa shape index (κ1) is 23.0. The number of carbonyl (C=O) groups is 3. The molecule has 1 fully saturated rings. The lowest BCUT2D eigenvalue weighted by atomic mass is 9.68. The summed E-state index contributed by atoms with van der Waals surface area (Å²) in [6, 6.07) is 0. The molecule has 0 aromatic carbocycles. The van der Waals surface area contributed by atoms with Gasteiger partial charge in [0.2, 0.25) is 17.7 Å². The van der Waals surface area contributed by atoms with Crippen LogP contribution >= 0.6 is 11.8 Å². The Labute approximate surface area is 162 Å². The van der Waals surface area contributed by atoms with E-state index in [9.17, 15) is 14.4 Å². The fourth-order valence-corrected chi connectivity index (χ4v) is 5.73. The lowest BCUT2D eigenvalue weighted by Crippen LogP contribution is -2.36. The summed E-state index contributed by atoms with van der Waals surface area (Å²) in [4.78, 5) is 37.0. The SMILES string of the molecule is CC(C)(C)C(CSC1CC(=O)N(CCCCCC(N)=O)C1=O)C(C)(C)C. The zero-order valence-electron chi connectivity index (χ0n) is 17.3. The number of hydrogen-bond acceptors (Lipinski definition) is 4. The molecule has 1 saturated heterocycles. The van der Waals surface area contributed by atoms with Gasteiger partial charge in [-0.1, -0.05) is 48.0 Å². The molecule has 0 spiro atoms. The third-order valence-corrected chi connectivity index (χ3v) is 6.36. The quantitative estimate of drug-likeness (QED) is 0.486. The fraction of sp³-hybridized carbons (Fsp3) is 0.850. The van der Waals surface area contributed by atoms with Crippen LogP contribution in [0.1, 0.15) is 73.6 Å². The van der Waals surface area contributed by atoms with Gasteiger partial charge in [-0.15, -0.1) is 11.8 Å². The maximum atomic E-state index is 12.6. The van der Waals surface area contributed by atoms with Crippen LogP contribution in [0.4, 0.5) is 0 Å². The van der Waals surface area contributed by atoms with Crippen LogP contribution in [0.15, 0.2) is 0 Å². The number of unbranched alkanes of at least 4 members (excludes halogenated alkanes) is 2. The maximum Gasteiger partial charge on any atom is 0.242 e. The van der Waals surface area contributed by atoms with Crippen molar-refractivity contribution in [2.45, 2.75) is 78.9 Å². The number of primary amides is 1. The van der Waals surface area contributed by atoms with E-state index in [4.69, 9.17) is 5.73 Å². The van der Waals surface area contributed by atoms with E-state index >= 15 is 0 Å². The summed E-state index contributed by atoms with van der Waals surface area (Å²) in [5.41, 5.74) is 5.42. The molecule has 150 valence electrons. The van der Waals surface area contributed by atoms with Crippen LogP contribution < -0.4 is 5.73 Å². The molecule has 1 aliphatic heterocycles. The van der Waals surface area contributed by atoms with Crippen molar-refractivity contribution < 1.29 is 14.4 Å². The standard InChI is InChI=1S/C20H36N2O3S/c1-19(2,3)15(20(4,5)6)13-26-14-12-17(24)22(18(14)25)11-9-7-8-10-16(21)23/h14-15H,7-13H2,1-6H3,(H2,21,23). The molecule has 1 unspecified atom stereocenters. The van der Waals surface area contributed by atoms with Crippen molar-refractivity contribution in [3.63, 3.8) is 0 Å². The van der Waals surface area contributed by atoms with Crippen LogP contribution in [-0.4, -0.2) is 40.2 Å². The van der Waals surface area contributed by atoms with Crippen molar-refractivity contribution in [2.75, 3.05) is 12.3 Å². The summed E-state index contributed by atoms with van der Waals surface area (Å²) in [5, 5.41) is -0.250. The van der Waals surface area contributed by atoms with Crippen molar-refractivity contribution in [1.29, 1.82) is 0 Å². The maximum absolute atomic E-state index is 12.6. The number of carbonyl (C=O) groups excluding carboxylic acids is 3. The number of imide groups is 1. The molecule has 0 radical (unpaired) electrons. The second-order valence-electron chi connectivity index (χ2n) is 9.47. The molecule has 2 N–H and O–H groups in total. The summed E-state index contributed by atoms with van der Waals surface area (Å²) in [6.45, 7) is 13.9. The Balaban J connectivity index is 2.54. The number of likely N-dealkylation sites (tertiary alicyclic amines) is 1. The molecule has 0 aromatic heterocycles. The van der Waals surface area contributed by atoms with E-state index < -0.39 is 0 Å². The molecule has 0 aromatic rings. The molecule has 1 rings (SSSR count). The highest BCUT2D eigenvalue weighted by molar-refractivity contribution is 8.00. The first-order valence-corrected chi connectivity index (χ1v) is 10.6. The minimum absolute atomic E-state index is 0.0449. The van der Waals surface area contributed by atoms with Crippen LogP contribution in [0.5, 0.6) is 0 Å². The monoisotopic (exact) mass is 384 g/mol. The third kappa shape index (κ3) is 6.93. The zero-order valence-corrected chi connectivity index (χ0v) is 18.1. The van der Waals surface area contributed by atoms with Gasteiger partial charge in [0, 0.05) is 19.4 Å². The van der Waals surface area contributed by atoms with E-state index in [1.165, 1.54) is 4.90 Å². The molecule has 6 heteroatoms. The molecular weight excluding hydrogens is 348 g/mol. The van der Waals surface area contributed by atoms with Crippen molar-refractivity contribution in [3.05, 3.63) is 0 Å². The van der Waals surface area contributed by atoms with Crippen LogP contribution in [0.25, 0.3) is 0 Å². The van der Waals surface area contributed by atoms with Crippen molar-refractivity contribution in [1.82, 2.24) is 4.90 Å². The highest BCUT2D eigenvalue weighted by atomic mass is 32.2. The molecule has 1 atom stereocenters. The Bertz CT molecular complexity index is 506. The average molecular weight is 385 g/mol. The van der Waals surface area contributed by atoms with E-state index in [-0.39, 0.29) is 33.8 Å². The van der Waals surface area contributed by atoms with Gasteiger partial charge in [-0.05, 0) is 35.3 Å². The number of amides is 3. The van der Waals surface area contributed by atoms with Crippen LogP contribution in [-0.2, 0) is 14.4 Å². The van der Waals surface area contributed by atoms with Crippen molar-refractivity contribution >= 4 is 29.5 Å². The van der Waals surface area contributed by atoms with Crippen LogP contribution in [0.2, 0.25) is 0 Å². The third-order valence-electron chi connectivity index (χ3n) is 5.06. The number of thioether (sulfide) groups is 1. The topological polar surface area (TPSA) is 80.5 Å². The molecule has 1 aliphatic rings. The van der Waals surface area contributed by atoms with Gasteiger partial charge < -0.3 is 5.73 Å². The van der Waals surface area contributed by atoms with Gasteiger partial charge in [0.15, 0.2) is 0 Å². The summed E-state index contributed by atoms with van der Waals surface area (Å²) < 4.78 is 0. The predicted octanol–water partition coefficient (Wildman–Crippen LogP) is 3.60. The second-order valence-corrected chi connectivity index (χ2v) is 10.7. The largest absolute Gasteiger partial charge is 0.370 e. The van der Waals surface area contributed by atoms with Gasteiger partial charge in [0.25, 0.3) is 0 Å².